The van der Waals surface area contributed by atoms with Crippen LogP contribution in [-0.2, 0) is 0 Å². The summed E-state index contributed by atoms with van der Waals surface area (Å²) in [5.41, 5.74) is 0.211. The van der Waals surface area contributed by atoms with Gasteiger partial charge in [0, 0.05) is 18.2 Å². The Balaban J connectivity index is 2.01. The normalized spacial score (nSPS) is 19.5. The molecular formula is C18H25N3O4. The van der Waals surface area contributed by atoms with Crippen LogP contribution in [-0.4, -0.2) is 21.9 Å². The number of anilines is 1. The van der Waals surface area contributed by atoms with Crippen LogP contribution < -0.4 is 4.90 Å². The van der Waals surface area contributed by atoms with Gasteiger partial charge in [-0.05, 0) is 31.7 Å². The molecule has 0 saturated heterocycles. The summed E-state index contributed by atoms with van der Waals surface area (Å²) in [5, 5.41) is 22.7. The molecule has 7 heteroatoms. The van der Waals surface area contributed by atoms with E-state index in [2.05, 4.69) is 4.90 Å². The van der Waals surface area contributed by atoms with E-state index in [1.807, 2.05) is 0 Å². The maximum absolute atomic E-state index is 11.6. The summed E-state index contributed by atoms with van der Waals surface area (Å²) in [4.78, 5) is 23.9. The van der Waals surface area contributed by atoms with Gasteiger partial charge in [-0.1, -0.05) is 38.5 Å². The van der Waals surface area contributed by atoms with Crippen molar-refractivity contribution in [2.75, 3.05) is 4.90 Å². The highest BCUT2D eigenvalue weighted by atomic mass is 16.6. The zero-order chi connectivity index (χ0) is 17.8. The van der Waals surface area contributed by atoms with Crippen molar-refractivity contribution in [3.05, 3.63) is 38.4 Å². The van der Waals surface area contributed by atoms with E-state index in [4.69, 9.17) is 0 Å². The molecular weight excluding hydrogens is 322 g/mol. The Hall–Kier alpha value is -2.18. The van der Waals surface area contributed by atoms with Gasteiger partial charge in [0.15, 0.2) is 0 Å². The molecule has 7 nitrogen and oxygen atoms in total. The van der Waals surface area contributed by atoms with Crippen LogP contribution in [0.25, 0.3) is 0 Å². The Kier molecular flexibility index (Phi) is 5.50. The molecule has 3 rings (SSSR count). The Morgan fingerprint density at radius 1 is 0.800 bits per heavy atom. The minimum atomic E-state index is -0.567. The number of hydrogen-bond acceptors (Lipinski definition) is 5. The van der Waals surface area contributed by atoms with Crippen molar-refractivity contribution < 1.29 is 9.85 Å². The Labute approximate surface area is 147 Å². The van der Waals surface area contributed by atoms with Crippen LogP contribution in [0.5, 0.6) is 0 Å². The third-order valence-corrected chi connectivity index (χ3v) is 5.58. The van der Waals surface area contributed by atoms with Gasteiger partial charge in [-0.15, -0.1) is 0 Å². The van der Waals surface area contributed by atoms with E-state index in [1.165, 1.54) is 18.9 Å². The Morgan fingerprint density at radius 3 is 1.76 bits per heavy atom. The molecule has 25 heavy (non-hydrogen) atoms. The molecule has 0 unspecified atom stereocenters. The lowest BCUT2D eigenvalue weighted by Crippen LogP contribution is -2.45. The largest absolute Gasteiger partial charge is 0.360 e. The number of nitro benzene ring substituents is 2. The van der Waals surface area contributed by atoms with Crippen LogP contribution >= 0.6 is 0 Å². The molecule has 0 spiro atoms. The maximum Gasteiger partial charge on any atom is 0.299 e. The van der Waals surface area contributed by atoms with Gasteiger partial charge in [0.25, 0.3) is 11.4 Å². The summed E-state index contributed by atoms with van der Waals surface area (Å²) in [7, 11) is 0. The van der Waals surface area contributed by atoms with Crippen molar-refractivity contribution in [3.63, 3.8) is 0 Å². The van der Waals surface area contributed by atoms with Crippen molar-refractivity contribution in [1.29, 1.82) is 0 Å². The third kappa shape index (κ3) is 3.91. The van der Waals surface area contributed by atoms with Crippen LogP contribution in [0.3, 0.4) is 0 Å². The molecule has 1 aromatic carbocycles. The van der Waals surface area contributed by atoms with Gasteiger partial charge in [-0.2, -0.15) is 0 Å². The second kappa shape index (κ2) is 7.80. The Morgan fingerprint density at radius 2 is 1.32 bits per heavy atom. The molecule has 0 amide bonds. The number of hydrogen-bond donors (Lipinski definition) is 0. The van der Waals surface area contributed by atoms with E-state index >= 15 is 0 Å². The predicted molar refractivity (Wildman–Crippen MR) is 96.0 cm³/mol. The molecule has 0 radical (unpaired) electrons. The van der Waals surface area contributed by atoms with E-state index in [1.54, 1.807) is 6.07 Å². The van der Waals surface area contributed by atoms with E-state index in [0.29, 0.717) is 17.8 Å². The molecule has 0 bridgehead atoms. The molecule has 2 fully saturated rings. The molecule has 0 N–H and O–H groups in total. The molecule has 2 aliphatic rings. The van der Waals surface area contributed by atoms with Crippen molar-refractivity contribution in [1.82, 2.24) is 0 Å². The van der Waals surface area contributed by atoms with Gasteiger partial charge < -0.3 is 4.90 Å². The van der Waals surface area contributed by atoms with Crippen molar-refractivity contribution in [2.45, 2.75) is 76.3 Å². The molecule has 0 heterocycles. The standard InChI is InChI=1S/C18H25N3O4/c22-20(23)16-11-12-17(18(13-16)21(24)25)19(14-7-3-1-4-8-14)15-9-5-2-6-10-15/h11-15H,1-10H2. The zero-order valence-electron chi connectivity index (χ0n) is 14.4. The maximum atomic E-state index is 11.6. The number of benzene rings is 1. The molecule has 0 aliphatic heterocycles. The van der Waals surface area contributed by atoms with E-state index < -0.39 is 9.85 Å². The van der Waals surface area contributed by atoms with Gasteiger partial charge in [0.05, 0.1) is 15.9 Å². The smallest absolute Gasteiger partial charge is 0.299 e. The molecule has 0 atom stereocenters. The van der Waals surface area contributed by atoms with Crippen LogP contribution in [0.1, 0.15) is 64.2 Å². The first-order valence-corrected chi connectivity index (χ1v) is 9.29. The average Bonchev–Trinajstić information content (AvgIpc) is 2.63. The van der Waals surface area contributed by atoms with Gasteiger partial charge in [-0.3, -0.25) is 20.2 Å². The van der Waals surface area contributed by atoms with Gasteiger partial charge >= 0.3 is 0 Å². The highest BCUT2D eigenvalue weighted by molar-refractivity contribution is 5.68. The summed E-state index contributed by atoms with van der Waals surface area (Å²) in [6, 6.07) is 4.73. The van der Waals surface area contributed by atoms with E-state index in [9.17, 15) is 20.2 Å². The second-order valence-electron chi connectivity index (χ2n) is 7.18. The van der Waals surface area contributed by atoms with Crippen LogP contribution in [0.15, 0.2) is 18.2 Å². The van der Waals surface area contributed by atoms with Gasteiger partial charge in [0.1, 0.15) is 5.69 Å². The topological polar surface area (TPSA) is 89.5 Å². The number of rotatable bonds is 5. The first-order chi connectivity index (χ1) is 12.1. The molecule has 136 valence electrons. The lowest BCUT2D eigenvalue weighted by molar-refractivity contribution is -0.393. The molecule has 0 aromatic heterocycles. The van der Waals surface area contributed by atoms with E-state index in [-0.39, 0.29) is 11.4 Å². The van der Waals surface area contributed by atoms with Crippen LogP contribution in [0.2, 0.25) is 0 Å². The Bertz CT molecular complexity index is 619. The van der Waals surface area contributed by atoms with Crippen LogP contribution in [0.4, 0.5) is 17.1 Å². The lowest BCUT2D eigenvalue weighted by atomic mass is 9.88. The number of non-ortho nitro benzene ring substituents is 1. The fraction of sp³-hybridized carbons (Fsp3) is 0.667. The van der Waals surface area contributed by atoms with Gasteiger partial charge in [0.2, 0.25) is 0 Å². The van der Waals surface area contributed by atoms with Crippen molar-refractivity contribution in [3.8, 4) is 0 Å². The second-order valence-corrected chi connectivity index (χ2v) is 7.18. The first kappa shape index (κ1) is 17.6. The highest BCUT2D eigenvalue weighted by Crippen LogP contribution is 2.40. The highest BCUT2D eigenvalue weighted by Gasteiger charge is 2.34. The molecule has 2 aliphatic carbocycles. The molecule has 2 saturated carbocycles. The minimum absolute atomic E-state index is 0.134. The van der Waals surface area contributed by atoms with Gasteiger partial charge in [-0.25, -0.2) is 0 Å². The van der Waals surface area contributed by atoms with Crippen molar-refractivity contribution in [2.24, 2.45) is 0 Å². The predicted octanol–water partition coefficient (Wildman–Crippen LogP) is 4.97. The fourth-order valence-electron chi connectivity index (χ4n) is 4.40. The molecule has 1 aromatic rings. The monoisotopic (exact) mass is 347 g/mol. The fourth-order valence-corrected chi connectivity index (χ4v) is 4.40. The summed E-state index contributed by atoms with van der Waals surface area (Å²) >= 11 is 0. The average molecular weight is 347 g/mol. The summed E-state index contributed by atoms with van der Waals surface area (Å²) in [6.07, 6.45) is 11.2. The van der Waals surface area contributed by atoms with Crippen molar-refractivity contribution >= 4 is 17.1 Å². The number of nitrogens with zero attached hydrogens (tertiary/aromatic N) is 3. The van der Waals surface area contributed by atoms with E-state index in [0.717, 1.165) is 57.4 Å². The SMILES string of the molecule is O=[N+]([O-])c1ccc(N(C2CCCCC2)C2CCCCC2)c([N+](=O)[O-])c1. The van der Waals surface area contributed by atoms with Crippen LogP contribution in [0, 0.1) is 20.2 Å². The summed E-state index contributed by atoms with van der Waals surface area (Å²) in [6.45, 7) is 0. The third-order valence-electron chi connectivity index (χ3n) is 5.58. The summed E-state index contributed by atoms with van der Waals surface area (Å²) in [5.74, 6) is 0. The minimum Gasteiger partial charge on any atom is -0.360 e. The lowest BCUT2D eigenvalue weighted by Gasteiger charge is -2.43. The zero-order valence-corrected chi connectivity index (χ0v) is 14.4. The quantitative estimate of drug-likeness (QED) is 0.554. The number of nitro groups is 2. The first-order valence-electron chi connectivity index (χ1n) is 9.29. The summed E-state index contributed by atoms with van der Waals surface area (Å²) < 4.78 is 0.